The van der Waals surface area contributed by atoms with Crippen LogP contribution in [-0.2, 0) is 11.2 Å². The summed E-state index contributed by atoms with van der Waals surface area (Å²) in [4.78, 5) is 0. The minimum Gasteiger partial charge on any atom is -0.423 e. The van der Waals surface area contributed by atoms with E-state index in [0.29, 0.717) is 0 Å². The molecule has 1 heterocycles. The SMILES string of the molecule is CCCn1c2ccc(B(O)OC)cc2c2cc(-c3ccccc3)ccc21. The highest BCUT2D eigenvalue weighted by atomic mass is 16.5. The van der Waals surface area contributed by atoms with Gasteiger partial charge >= 0.3 is 7.12 Å². The van der Waals surface area contributed by atoms with Crippen molar-refractivity contribution in [2.45, 2.75) is 19.9 Å². The molecular weight excluding hydrogens is 321 g/mol. The number of nitrogens with zero attached hydrogens (tertiary/aromatic N) is 1. The molecule has 4 aromatic rings. The summed E-state index contributed by atoms with van der Waals surface area (Å²) in [5.41, 5.74) is 5.61. The Morgan fingerprint density at radius 3 is 2.27 bits per heavy atom. The van der Waals surface area contributed by atoms with E-state index in [1.54, 1.807) is 0 Å². The highest BCUT2D eigenvalue weighted by Crippen LogP contribution is 2.32. The lowest BCUT2D eigenvalue weighted by Gasteiger charge is -2.07. The first-order valence-corrected chi connectivity index (χ1v) is 9.05. The molecular formula is C22H22BNO2. The van der Waals surface area contributed by atoms with Gasteiger partial charge in [-0.15, -0.1) is 0 Å². The van der Waals surface area contributed by atoms with Gasteiger partial charge in [0.15, 0.2) is 0 Å². The summed E-state index contributed by atoms with van der Waals surface area (Å²) in [6, 6.07) is 23.2. The van der Waals surface area contributed by atoms with E-state index >= 15 is 0 Å². The smallest absolute Gasteiger partial charge is 0.423 e. The molecule has 1 aromatic heterocycles. The molecule has 0 saturated carbocycles. The van der Waals surface area contributed by atoms with Gasteiger partial charge in [0.2, 0.25) is 0 Å². The number of rotatable bonds is 5. The van der Waals surface area contributed by atoms with E-state index < -0.39 is 7.12 Å². The maximum atomic E-state index is 10.1. The Balaban J connectivity index is 1.99. The first kappa shape index (κ1) is 16.9. The first-order valence-electron chi connectivity index (χ1n) is 9.05. The fourth-order valence-corrected chi connectivity index (χ4v) is 3.69. The van der Waals surface area contributed by atoms with Crippen molar-refractivity contribution < 1.29 is 9.68 Å². The molecule has 1 N–H and O–H groups in total. The van der Waals surface area contributed by atoms with Crippen LogP contribution in [0.3, 0.4) is 0 Å². The van der Waals surface area contributed by atoms with Crippen molar-refractivity contribution in [3.05, 3.63) is 66.7 Å². The molecule has 0 bridgehead atoms. The minimum absolute atomic E-state index is 0.778. The molecule has 4 rings (SSSR count). The van der Waals surface area contributed by atoms with Crippen LogP contribution in [0.25, 0.3) is 32.9 Å². The topological polar surface area (TPSA) is 34.4 Å². The van der Waals surface area contributed by atoms with Gasteiger partial charge in [-0.05, 0) is 41.2 Å². The molecule has 0 atom stereocenters. The van der Waals surface area contributed by atoms with Crippen molar-refractivity contribution >= 4 is 34.4 Å². The van der Waals surface area contributed by atoms with E-state index in [9.17, 15) is 5.02 Å². The van der Waals surface area contributed by atoms with Gasteiger partial charge in [-0.25, -0.2) is 0 Å². The predicted molar refractivity (Wildman–Crippen MR) is 110 cm³/mol. The number of aromatic nitrogens is 1. The molecule has 0 fully saturated rings. The summed E-state index contributed by atoms with van der Waals surface area (Å²) in [6.07, 6.45) is 1.07. The average Bonchev–Trinajstić information content (AvgIpc) is 3.01. The molecule has 0 saturated heterocycles. The summed E-state index contributed by atoms with van der Waals surface area (Å²) < 4.78 is 7.46. The minimum atomic E-state index is -0.902. The third kappa shape index (κ3) is 2.81. The van der Waals surface area contributed by atoms with Gasteiger partial charge in [-0.3, -0.25) is 0 Å². The molecule has 0 aliphatic rings. The Kier molecular flexibility index (Phi) is 4.54. The third-order valence-electron chi connectivity index (χ3n) is 4.95. The lowest BCUT2D eigenvalue weighted by atomic mass is 9.79. The summed E-state index contributed by atoms with van der Waals surface area (Å²) in [6.45, 7) is 3.16. The van der Waals surface area contributed by atoms with Gasteiger partial charge in [0.1, 0.15) is 0 Å². The molecule has 3 nitrogen and oxygen atoms in total. The Morgan fingerprint density at radius 2 is 1.58 bits per heavy atom. The lowest BCUT2D eigenvalue weighted by molar-refractivity contribution is 0.341. The van der Waals surface area contributed by atoms with E-state index in [1.807, 2.05) is 18.2 Å². The number of hydrogen-bond donors (Lipinski definition) is 1. The van der Waals surface area contributed by atoms with Gasteiger partial charge in [-0.1, -0.05) is 55.5 Å². The number of aryl methyl sites for hydroxylation is 1. The Bertz CT molecular complexity index is 1060. The number of hydrogen-bond acceptors (Lipinski definition) is 2. The van der Waals surface area contributed by atoms with E-state index in [4.69, 9.17) is 4.65 Å². The monoisotopic (exact) mass is 343 g/mol. The average molecular weight is 343 g/mol. The summed E-state index contributed by atoms with van der Waals surface area (Å²) >= 11 is 0. The second kappa shape index (κ2) is 6.98. The second-order valence-corrected chi connectivity index (χ2v) is 6.61. The zero-order chi connectivity index (χ0) is 18.1. The first-order chi connectivity index (χ1) is 12.7. The highest BCUT2D eigenvalue weighted by Gasteiger charge is 2.18. The fraction of sp³-hybridized carbons (Fsp3) is 0.182. The summed E-state index contributed by atoms with van der Waals surface area (Å²) in [5.74, 6) is 0. The van der Waals surface area contributed by atoms with Gasteiger partial charge < -0.3 is 14.2 Å². The number of fused-ring (bicyclic) bond motifs is 3. The van der Waals surface area contributed by atoms with Crippen LogP contribution >= 0.6 is 0 Å². The Labute approximate surface area is 154 Å². The highest BCUT2D eigenvalue weighted by molar-refractivity contribution is 6.60. The van der Waals surface area contributed by atoms with Gasteiger partial charge in [0.05, 0.1) is 0 Å². The van der Waals surface area contributed by atoms with Crippen molar-refractivity contribution in [1.82, 2.24) is 4.57 Å². The lowest BCUT2D eigenvalue weighted by Crippen LogP contribution is -2.32. The zero-order valence-corrected chi connectivity index (χ0v) is 15.1. The van der Waals surface area contributed by atoms with Crippen LogP contribution in [-0.4, -0.2) is 23.8 Å². The van der Waals surface area contributed by atoms with Crippen LogP contribution in [0, 0.1) is 0 Å². The Hall–Kier alpha value is -2.56. The van der Waals surface area contributed by atoms with Crippen molar-refractivity contribution in [3.63, 3.8) is 0 Å². The van der Waals surface area contributed by atoms with Crippen molar-refractivity contribution in [3.8, 4) is 11.1 Å². The quantitative estimate of drug-likeness (QED) is 0.551. The molecule has 26 heavy (non-hydrogen) atoms. The predicted octanol–water partition coefficient (Wildman–Crippen LogP) is 4.21. The maximum Gasteiger partial charge on any atom is 0.490 e. The molecule has 0 aliphatic heterocycles. The standard InChI is InChI=1S/C22H22BNO2/c1-3-13-24-21-11-9-17(16-7-5-4-6-8-16)14-19(21)20-15-18(23(25)26-2)10-12-22(20)24/h4-12,14-15,25H,3,13H2,1-2H3. The Morgan fingerprint density at radius 1 is 0.885 bits per heavy atom. The molecule has 0 amide bonds. The molecule has 3 aromatic carbocycles. The molecule has 130 valence electrons. The third-order valence-corrected chi connectivity index (χ3v) is 4.95. The van der Waals surface area contributed by atoms with Crippen LogP contribution in [0.2, 0.25) is 0 Å². The van der Waals surface area contributed by atoms with E-state index in [0.717, 1.165) is 23.8 Å². The zero-order valence-electron chi connectivity index (χ0n) is 15.1. The maximum absolute atomic E-state index is 10.1. The largest absolute Gasteiger partial charge is 0.490 e. The molecule has 0 aliphatic carbocycles. The van der Waals surface area contributed by atoms with E-state index in [-0.39, 0.29) is 0 Å². The van der Waals surface area contributed by atoms with Crippen molar-refractivity contribution in [2.75, 3.05) is 7.11 Å². The summed E-state index contributed by atoms with van der Waals surface area (Å²) in [7, 11) is 0.615. The molecule has 0 unspecified atom stereocenters. The normalized spacial score (nSPS) is 11.3. The van der Waals surface area contributed by atoms with Crippen molar-refractivity contribution in [2.24, 2.45) is 0 Å². The molecule has 0 spiro atoms. The van der Waals surface area contributed by atoms with Crippen LogP contribution in [0.4, 0.5) is 0 Å². The van der Waals surface area contributed by atoms with Gasteiger partial charge in [0.25, 0.3) is 0 Å². The van der Waals surface area contributed by atoms with Crippen LogP contribution < -0.4 is 5.46 Å². The molecule has 4 heteroatoms. The van der Waals surface area contributed by atoms with Crippen LogP contribution in [0.5, 0.6) is 0 Å². The van der Waals surface area contributed by atoms with Gasteiger partial charge in [-0.2, -0.15) is 0 Å². The second-order valence-electron chi connectivity index (χ2n) is 6.61. The van der Waals surface area contributed by atoms with Crippen LogP contribution in [0.1, 0.15) is 13.3 Å². The summed E-state index contributed by atoms with van der Waals surface area (Å²) in [5, 5.41) is 12.4. The van der Waals surface area contributed by atoms with Gasteiger partial charge in [0, 0.05) is 35.5 Å². The number of benzene rings is 3. The van der Waals surface area contributed by atoms with Crippen molar-refractivity contribution in [1.29, 1.82) is 0 Å². The fourth-order valence-electron chi connectivity index (χ4n) is 3.69. The van der Waals surface area contributed by atoms with E-state index in [2.05, 4.69) is 60.0 Å². The molecule has 0 radical (unpaired) electrons. The van der Waals surface area contributed by atoms with E-state index in [1.165, 1.54) is 34.7 Å². The van der Waals surface area contributed by atoms with Crippen LogP contribution in [0.15, 0.2) is 66.7 Å².